The van der Waals surface area contributed by atoms with E-state index in [0.29, 0.717) is 29.5 Å². The lowest BCUT2D eigenvalue weighted by Crippen LogP contribution is -2.29. The van der Waals surface area contributed by atoms with Gasteiger partial charge in [-0.05, 0) is 60.2 Å². The van der Waals surface area contributed by atoms with E-state index < -0.39 is 15.9 Å². The first-order valence-electron chi connectivity index (χ1n) is 13.6. The number of imidazole rings is 1. The van der Waals surface area contributed by atoms with Gasteiger partial charge in [-0.2, -0.15) is 0 Å². The summed E-state index contributed by atoms with van der Waals surface area (Å²) >= 11 is 0. The Bertz CT molecular complexity index is 1950. The van der Waals surface area contributed by atoms with Gasteiger partial charge in [0, 0.05) is 24.2 Å². The van der Waals surface area contributed by atoms with Crippen LogP contribution in [0.5, 0.6) is 17.2 Å². The predicted molar refractivity (Wildman–Crippen MR) is 167 cm³/mol. The van der Waals surface area contributed by atoms with Crippen LogP contribution in [0.2, 0.25) is 0 Å². The Hall–Kier alpha value is -5.09. The predicted octanol–water partition coefficient (Wildman–Crippen LogP) is 6.10. The lowest BCUT2D eigenvalue weighted by atomic mass is 10.0. The molecule has 1 aliphatic rings. The molecule has 2 aromatic heterocycles. The molecule has 3 heterocycles. The highest BCUT2D eigenvalue weighted by Gasteiger charge is 2.30. The van der Waals surface area contributed by atoms with E-state index in [9.17, 15) is 8.42 Å². The summed E-state index contributed by atoms with van der Waals surface area (Å²) in [7, 11) is -0.301. The second-order valence-corrected chi connectivity index (χ2v) is 12.0. The maximum atomic E-state index is 12.5. The highest BCUT2D eigenvalue weighted by Crippen LogP contribution is 2.41. The van der Waals surface area contributed by atoms with Crippen LogP contribution < -0.4 is 19.1 Å². The molecule has 3 aromatic carbocycles. The molecule has 9 nitrogen and oxygen atoms in total. The largest absolute Gasteiger partial charge is 0.495 e. The molecule has 0 amide bonds. The lowest BCUT2D eigenvalue weighted by molar-refractivity contribution is 0.284. The normalized spacial score (nSPS) is 14.7. The Morgan fingerprint density at radius 3 is 2.40 bits per heavy atom. The number of fused-ring (bicyclic) bond motifs is 1. The fourth-order valence-corrected chi connectivity index (χ4v) is 5.76. The first-order valence-corrected chi connectivity index (χ1v) is 15.4. The van der Waals surface area contributed by atoms with Gasteiger partial charge in [0.1, 0.15) is 18.0 Å². The number of aliphatic imine (C=N–C) groups is 1. The van der Waals surface area contributed by atoms with Gasteiger partial charge in [0.05, 0.1) is 48.6 Å². The van der Waals surface area contributed by atoms with Crippen molar-refractivity contribution >= 4 is 27.5 Å². The Balaban J connectivity index is 1.46. The maximum Gasteiger partial charge on any atom is 0.175 e. The minimum absolute atomic E-state index is 0.180. The number of aromatic nitrogens is 2. The Morgan fingerprint density at radius 2 is 1.63 bits per heavy atom. The number of benzene rings is 3. The molecule has 0 radical (unpaired) electrons. The molecule has 10 heteroatoms. The average molecular weight is 595 g/mol. The molecule has 0 fully saturated rings. The number of anilines is 1. The summed E-state index contributed by atoms with van der Waals surface area (Å²) in [4.78, 5) is 11.5. The Kier molecular flexibility index (Phi) is 7.60. The monoisotopic (exact) mass is 594 g/mol. The van der Waals surface area contributed by atoms with Gasteiger partial charge < -0.3 is 23.5 Å². The van der Waals surface area contributed by atoms with Crippen LogP contribution in [0, 0.1) is 0 Å². The highest BCUT2D eigenvalue weighted by atomic mass is 32.2. The molecule has 0 saturated carbocycles. The number of hydrogen-bond acceptors (Lipinski definition) is 8. The molecule has 1 atom stereocenters. The molecule has 0 N–H and O–H groups in total. The number of nitrogens with zero attached hydrogens (tertiary/aromatic N) is 4. The summed E-state index contributed by atoms with van der Waals surface area (Å²) in [6, 6.07) is 25.9. The topological polar surface area (TPSA) is 94.7 Å². The summed E-state index contributed by atoms with van der Waals surface area (Å²) in [6.45, 7) is 0.408. The van der Waals surface area contributed by atoms with Crippen LogP contribution in [-0.2, 0) is 16.4 Å². The zero-order valence-corrected chi connectivity index (χ0v) is 24.7. The van der Waals surface area contributed by atoms with Gasteiger partial charge in [0.25, 0.3) is 0 Å². The van der Waals surface area contributed by atoms with Gasteiger partial charge in [-0.15, -0.1) is 0 Å². The van der Waals surface area contributed by atoms with E-state index in [1.165, 1.54) is 12.3 Å². The zero-order chi connectivity index (χ0) is 30.0. The fraction of sp³-hybridized carbons (Fsp3) is 0.152. The first-order chi connectivity index (χ1) is 20.9. The first kappa shape index (κ1) is 28.0. The van der Waals surface area contributed by atoms with E-state index in [4.69, 9.17) is 19.2 Å². The lowest BCUT2D eigenvalue weighted by Gasteiger charge is -2.31. The molecular formula is C33H30N4O5S. The van der Waals surface area contributed by atoms with Crippen molar-refractivity contribution in [2.75, 3.05) is 25.4 Å². The highest BCUT2D eigenvalue weighted by molar-refractivity contribution is 7.90. The number of ether oxygens (including phenoxy) is 3. The molecule has 1 aliphatic heterocycles. The standard InChI is InChI=1S/C33H30N4O5S/c1-40-28-15-13-25(43(3,38)39)20-27(28)37-22-34-17-16-26(37)33-32(35-31-11-7-8-18-36(31)33)24-12-14-29(30(19-24)41-2)42-21-23-9-5-4-6-10-23/h4-20,22,26H,21H2,1-3H3. The van der Waals surface area contributed by atoms with E-state index in [-0.39, 0.29) is 4.90 Å². The van der Waals surface area contributed by atoms with Gasteiger partial charge in [-0.3, -0.25) is 0 Å². The number of hydrogen-bond donors (Lipinski definition) is 0. The molecule has 218 valence electrons. The van der Waals surface area contributed by atoms with Crippen LogP contribution in [0.1, 0.15) is 17.3 Å². The van der Waals surface area contributed by atoms with Crippen LogP contribution in [0.3, 0.4) is 0 Å². The fourth-order valence-electron chi connectivity index (χ4n) is 5.12. The summed E-state index contributed by atoms with van der Waals surface area (Å²) in [5.74, 6) is 1.71. The van der Waals surface area contributed by atoms with Crippen molar-refractivity contribution in [3.05, 3.63) is 115 Å². The SMILES string of the molecule is COc1cc(-c2nc3ccccn3c2C2C=CN=CN2c2cc(S(C)(=O)=O)ccc2OC)ccc1OCc1ccccc1. The minimum atomic E-state index is -3.47. The van der Waals surface area contributed by atoms with Gasteiger partial charge >= 0.3 is 0 Å². The van der Waals surface area contributed by atoms with Crippen molar-refractivity contribution in [2.45, 2.75) is 17.5 Å². The number of methoxy groups -OCH3 is 2. The van der Waals surface area contributed by atoms with Crippen LogP contribution in [0.25, 0.3) is 16.9 Å². The van der Waals surface area contributed by atoms with Gasteiger partial charge in [-0.25, -0.2) is 18.4 Å². The summed E-state index contributed by atoms with van der Waals surface area (Å²) in [6.07, 6.45) is 8.48. The molecule has 0 aliphatic carbocycles. The molecule has 6 rings (SSSR count). The third kappa shape index (κ3) is 5.56. The molecule has 0 saturated heterocycles. The van der Waals surface area contributed by atoms with E-state index in [1.807, 2.05) is 88.3 Å². The quantitative estimate of drug-likeness (QED) is 0.203. The minimum Gasteiger partial charge on any atom is -0.495 e. The van der Waals surface area contributed by atoms with Crippen molar-refractivity contribution in [2.24, 2.45) is 4.99 Å². The zero-order valence-electron chi connectivity index (χ0n) is 23.9. The average Bonchev–Trinajstić information content (AvgIpc) is 3.43. The maximum absolute atomic E-state index is 12.5. The van der Waals surface area contributed by atoms with Gasteiger partial charge in [0.2, 0.25) is 0 Å². The summed E-state index contributed by atoms with van der Waals surface area (Å²) in [5.41, 5.74) is 4.77. The summed E-state index contributed by atoms with van der Waals surface area (Å²) < 4.78 is 44.4. The van der Waals surface area contributed by atoms with Crippen molar-refractivity contribution in [1.82, 2.24) is 9.38 Å². The summed E-state index contributed by atoms with van der Waals surface area (Å²) in [5, 5.41) is 0. The number of rotatable bonds is 9. The van der Waals surface area contributed by atoms with Crippen LogP contribution in [-0.4, -0.2) is 44.6 Å². The second-order valence-electron chi connectivity index (χ2n) is 9.98. The Labute approximate surface area is 250 Å². The number of pyridine rings is 1. The van der Waals surface area contributed by atoms with E-state index >= 15 is 0 Å². The van der Waals surface area contributed by atoms with E-state index in [2.05, 4.69) is 4.99 Å². The molecule has 0 spiro atoms. The van der Waals surface area contributed by atoms with E-state index in [0.717, 1.165) is 28.2 Å². The number of sulfone groups is 1. The van der Waals surface area contributed by atoms with Crippen molar-refractivity contribution in [1.29, 1.82) is 0 Å². The second kappa shape index (κ2) is 11.7. The molecule has 43 heavy (non-hydrogen) atoms. The van der Waals surface area contributed by atoms with Crippen molar-refractivity contribution < 1.29 is 22.6 Å². The molecule has 0 bridgehead atoms. The van der Waals surface area contributed by atoms with Crippen LogP contribution in [0.15, 0.2) is 113 Å². The third-order valence-electron chi connectivity index (χ3n) is 7.22. The van der Waals surface area contributed by atoms with Crippen molar-refractivity contribution in [3.63, 3.8) is 0 Å². The molecule has 1 unspecified atom stereocenters. The Morgan fingerprint density at radius 1 is 0.860 bits per heavy atom. The van der Waals surface area contributed by atoms with Crippen LogP contribution >= 0.6 is 0 Å². The van der Waals surface area contributed by atoms with E-state index in [1.54, 1.807) is 38.9 Å². The van der Waals surface area contributed by atoms with Crippen molar-refractivity contribution in [3.8, 4) is 28.5 Å². The molecular weight excluding hydrogens is 564 g/mol. The third-order valence-corrected chi connectivity index (χ3v) is 8.33. The molecule has 5 aromatic rings. The van der Waals surface area contributed by atoms with Gasteiger partial charge in [0.15, 0.2) is 21.3 Å². The van der Waals surface area contributed by atoms with Gasteiger partial charge in [-0.1, -0.05) is 36.4 Å². The smallest absolute Gasteiger partial charge is 0.175 e. The van der Waals surface area contributed by atoms with Crippen LogP contribution in [0.4, 0.5) is 5.69 Å².